The highest BCUT2D eigenvalue weighted by molar-refractivity contribution is 6.30. The number of aryl methyl sites for hydroxylation is 1. The summed E-state index contributed by atoms with van der Waals surface area (Å²) in [5, 5.41) is 4.81. The van der Waals surface area contributed by atoms with Crippen molar-refractivity contribution in [3.63, 3.8) is 0 Å². The molecule has 0 amide bonds. The molecule has 3 aromatic rings. The molecule has 0 saturated carbocycles. The Morgan fingerprint density at radius 2 is 1.93 bits per heavy atom. The van der Waals surface area contributed by atoms with Crippen LogP contribution in [0.3, 0.4) is 0 Å². The molecule has 0 bridgehead atoms. The number of carbonyl (C=O) groups is 1. The Kier molecular flexibility index (Phi) is 6.24. The second-order valence-corrected chi connectivity index (χ2v) is 6.62. The molecule has 0 aliphatic heterocycles. The van der Waals surface area contributed by atoms with Gasteiger partial charge < -0.3 is 4.74 Å². The Morgan fingerprint density at radius 1 is 1.15 bits per heavy atom. The summed E-state index contributed by atoms with van der Waals surface area (Å²) in [7, 11) is 0. The van der Waals surface area contributed by atoms with Crippen LogP contribution in [0.5, 0.6) is 6.01 Å². The van der Waals surface area contributed by atoms with Crippen molar-refractivity contribution in [2.45, 2.75) is 33.1 Å². The fraction of sp³-hybridized carbons (Fsp3) is 0.286. The molecule has 5 nitrogen and oxygen atoms in total. The number of rotatable bonds is 7. The van der Waals surface area contributed by atoms with Gasteiger partial charge in [-0.15, -0.1) is 5.10 Å². The SMILES string of the molecule is CCCCc1ccc(C(=O)n2nc(OCC)nc2-c2cccc(Cl)c2)cc1. The van der Waals surface area contributed by atoms with E-state index in [9.17, 15) is 4.79 Å². The second-order valence-electron chi connectivity index (χ2n) is 6.18. The molecule has 1 heterocycles. The van der Waals surface area contributed by atoms with Crippen LogP contribution < -0.4 is 4.74 Å². The summed E-state index contributed by atoms with van der Waals surface area (Å²) in [6.07, 6.45) is 3.28. The van der Waals surface area contributed by atoms with Crippen molar-refractivity contribution < 1.29 is 9.53 Å². The van der Waals surface area contributed by atoms with Crippen molar-refractivity contribution >= 4 is 17.5 Å². The van der Waals surface area contributed by atoms with Crippen LogP contribution in [0.4, 0.5) is 0 Å². The Labute approximate surface area is 164 Å². The Bertz CT molecular complexity index is 919. The van der Waals surface area contributed by atoms with Gasteiger partial charge in [-0.1, -0.05) is 49.2 Å². The minimum absolute atomic E-state index is 0.167. The number of unbranched alkanes of at least 4 members (excludes halogenated alkanes) is 1. The lowest BCUT2D eigenvalue weighted by molar-refractivity contribution is 0.0945. The minimum Gasteiger partial charge on any atom is -0.463 e. The van der Waals surface area contributed by atoms with E-state index in [-0.39, 0.29) is 11.9 Å². The van der Waals surface area contributed by atoms with Gasteiger partial charge in [-0.3, -0.25) is 4.79 Å². The van der Waals surface area contributed by atoms with Crippen molar-refractivity contribution in [3.05, 3.63) is 64.7 Å². The number of aromatic nitrogens is 3. The summed E-state index contributed by atoms with van der Waals surface area (Å²) >= 11 is 6.10. The number of nitrogens with zero attached hydrogens (tertiary/aromatic N) is 3. The molecule has 0 saturated heterocycles. The largest absolute Gasteiger partial charge is 0.463 e. The van der Waals surface area contributed by atoms with E-state index in [0.717, 1.165) is 19.3 Å². The molecule has 0 fully saturated rings. The number of hydrogen-bond acceptors (Lipinski definition) is 4. The normalized spacial score (nSPS) is 10.8. The molecule has 0 spiro atoms. The highest BCUT2D eigenvalue weighted by Crippen LogP contribution is 2.24. The van der Waals surface area contributed by atoms with Crippen molar-refractivity contribution in [1.29, 1.82) is 0 Å². The van der Waals surface area contributed by atoms with Crippen molar-refractivity contribution in [3.8, 4) is 17.4 Å². The predicted molar refractivity (Wildman–Crippen MR) is 106 cm³/mol. The number of benzene rings is 2. The molecule has 27 heavy (non-hydrogen) atoms. The fourth-order valence-corrected chi connectivity index (χ4v) is 2.95. The number of carbonyl (C=O) groups excluding carboxylic acids is 1. The van der Waals surface area contributed by atoms with Crippen LogP contribution in [0.2, 0.25) is 5.02 Å². The quantitative estimate of drug-likeness (QED) is 0.574. The molecule has 1 aromatic heterocycles. The van der Waals surface area contributed by atoms with Gasteiger partial charge in [-0.05, 0) is 49.6 Å². The van der Waals surface area contributed by atoms with E-state index in [0.29, 0.717) is 28.6 Å². The van der Waals surface area contributed by atoms with Crippen molar-refractivity contribution in [2.75, 3.05) is 6.61 Å². The molecule has 3 rings (SSSR count). The van der Waals surface area contributed by atoms with Gasteiger partial charge in [0, 0.05) is 16.1 Å². The lowest BCUT2D eigenvalue weighted by Crippen LogP contribution is -2.15. The summed E-state index contributed by atoms with van der Waals surface area (Å²) < 4.78 is 6.68. The molecular formula is C21H22ClN3O2. The van der Waals surface area contributed by atoms with Gasteiger partial charge in [0.1, 0.15) is 0 Å². The van der Waals surface area contributed by atoms with E-state index >= 15 is 0 Å². The maximum absolute atomic E-state index is 13.0. The third kappa shape index (κ3) is 4.55. The van der Waals surface area contributed by atoms with Gasteiger partial charge in [-0.25, -0.2) is 0 Å². The number of ether oxygens (including phenoxy) is 1. The first-order chi connectivity index (χ1) is 13.1. The monoisotopic (exact) mass is 383 g/mol. The van der Waals surface area contributed by atoms with E-state index in [2.05, 4.69) is 17.0 Å². The minimum atomic E-state index is -0.259. The average Bonchev–Trinajstić information content (AvgIpc) is 3.10. The Hall–Kier alpha value is -2.66. The van der Waals surface area contributed by atoms with Gasteiger partial charge in [0.2, 0.25) is 0 Å². The van der Waals surface area contributed by atoms with Gasteiger partial charge in [0.15, 0.2) is 5.82 Å². The smallest absolute Gasteiger partial charge is 0.336 e. The summed E-state index contributed by atoms with van der Waals surface area (Å²) in [6.45, 7) is 4.42. The zero-order valence-electron chi connectivity index (χ0n) is 15.5. The van der Waals surface area contributed by atoms with Crippen molar-refractivity contribution in [1.82, 2.24) is 14.8 Å². The maximum atomic E-state index is 13.0. The summed E-state index contributed by atoms with van der Waals surface area (Å²) in [5.74, 6) is 0.145. The fourth-order valence-electron chi connectivity index (χ4n) is 2.76. The maximum Gasteiger partial charge on any atom is 0.336 e. The van der Waals surface area contributed by atoms with Crippen LogP contribution in [0.25, 0.3) is 11.4 Å². The van der Waals surface area contributed by atoms with E-state index in [1.807, 2.05) is 43.3 Å². The second kappa shape index (κ2) is 8.82. The van der Waals surface area contributed by atoms with Gasteiger partial charge in [-0.2, -0.15) is 9.67 Å². The zero-order chi connectivity index (χ0) is 19.2. The molecule has 6 heteroatoms. The van der Waals surface area contributed by atoms with Crippen LogP contribution >= 0.6 is 11.6 Å². The van der Waals surface area contributed by atoms with E-state index in [1.54, 1.807) is 12.1 Å². The third-order valence-electron chi connectivity index (χ3n) is 4.16. The predicted octanol–water partition coefficient (Wildman–Crippen LogP) is 5.03. The Morgan fingerprint density at radius 3 is 2.59 bits per heavy atom. The first-order valence-corrected chi connectivity index (χ1v) is 9.49. The van der Waals surface area contributed by atoms with Crippen LogP contribution in [0.15, 0.2) is 48.5 Å². The lowest BCUT2D eigenvalue weighted by Gasteiger charge is -2.06. The van der Waals surface area contributed by atoms with Gasteiger partial charge >= 0.3 is 6.01 Å². The standard InChI is InChI=1S/C21H22ClN3O2/c1-3-5-7-15-10-12-16(13-11-15)20(26)25-19(23-21(24-25)27-4-2)17-8-6-9-18(22)14-17/h6,8-14H,3-5,7H2,1-2H3. The molecule has 0 atom stereocenters. The molecule has 0 radical (unpaired) electrons. The highest BCUT2D eigenvalue weighted by atomic mass is 35.5. The average molecular weight is 384 g/mol. The van der Waals surface area contributed by atoms with Crippen LogP contribution in [0.1, 0.15) is 42.6 Å². The molecule has 140 valence electrons. The summed E-state index contributed by atoms with van der Waals surface area (Å²) in [4.78, 5) is 17.4. The van der Waals surface area contributed by atoms with Crippen LogP contribution in [-0.4, -0.2) is 27.3 Å². The van der Waals surface area contributed by atoms with Crippen LogP contribution in [-0.2, 0) is 6.42 Å². The third-order valence-corrected chi connectivity index (χ3v) is 4.39. The molecule has 0 unspecified atom stereocenters. The first-order valence-electron chi connectivity index (χ1n) is 9.11. The highest BCUT2D eigenvalue weighted by Gasteiger charge is 2.20. The zero-order valence-corrected chi connectivity index (χ0v) is 16.2. The number of halogens is 1. The molecular weight excluding hydrogens is 362 g/mol. The van der Waals surface area contributed by atoms with Gasteiger partial charge in [0.05, 0.1) is 6.61 Å². The summed E-state index contributed by atoms with van der Waals surface area (Å²) in [6, 6.07) is 15.0. The molecule has 2 aromatic carbocycles. The lowest BCUT2D eigenvalue weighted by atomic mass is 10.1. The van der Waals surface area contributed by atoms with E-state index in [1.165, 1.54) is 10.2 Å². The van der Waals surface area contributed by atoms with Crippen LogP contribution in [0, 0.1) is 0 Å². The molecule has 0 N–H and O–H groups in total. The van der Waals surface area contributed by atoms with Crippen molar-refractivity contribution in [2.24, 2.45) is 0 Å². The molecule has 0 aliphatic carbocycles. The van der Waals surface area contributed by atoms with E-state index < -0.39 is 0 Å². The number of hydrogen-bond donors (Lipinski definition) is 0. The molecule has 0 aliphatic rings. The first kappa shape index (κ1) is 19.1. The van der Waals surface area contributed by atoms with E-state index in [4.69, 9.17) is 16.3 Å². The Balaban J connectivity index is 1.95. The van der Waals surface area contributed by atoms with Gasteiger partial charge in [0.25, 0.3) is 5.91 Å². The topological polar surface area (TPSA) is 57.0 Å². The summed E-state index contributed by atoms with van der Waals surface area (Å²) in [5.41, 5.74) is 2.47.